The van der Waals surface area contributed by atoms with Crippen molar-refractivity contribution in [3.63, 3.8) is 0 Å². The number of likely N-dealkylation sites (tertiary alicyclic amines) is 1. The summed E-state index contributed by atoms with van der Waals surface area (Å²) < 4.78 is 27.0. The van der Waals surface area contributed by atoms with E-state index in [0.29, 0.717) is 16.3 Å². The SMILES string of the molecule is O=S1(=O)NC(=NC2CCN(CC3CCCCC3)CC2)c2ccccc21. The molecule has 0 bridgehead atoms. The first-order valence-electron chi connectivity index (χ1n) is 9.54. The lowest BCUT2D eigenvalue weighted by Crippen LogP contribution is -2.39. The second-order valence-electron chi connectivity index (χ2n) is 7.62. The number of benzene rings is 1. The van der Waals surface area contributed by atoms with Crippen molar-refractivity contribution in [3.8, 4) is 0 Å². The number of hydrogen-bond acceptors (Lipinski definition) is 4. The van der Waals surface area contributed by atoms with Gasteiger partial charge in [-0.2, -0.15) is 0 Å². The van der Waals surface area contributed by atoms with Crippen molar-refractivity contribution in [1.29, 1.82) is 0 Å². The van der Waals surface area contributed by atoms with Gasteiger partial charge in [0.1, 0.15) is 5.84 Å². The number of nitrogens with one attached hydrogen (secondary N) is 1. The van der Waals surface area contributed by atoms with E-state index in [9.17, 15) is 8.42 Å². The van der Waals surface area contributed by atoms with Gasteiger partial charge < -0.3 is 4.90 Å². The maximum atomic E-state index is 12.2. The third-order valence-corrected chi connectivity index (χ3v) is 7.17. The number of piperidine rings is 1. The topological polar surface area (TPSA) is 61.8 Å². The predicted octanol–water partition coefficient (Wildman–Crippen LogP) is 2.77. The van der Waals surface area contributed by atoms with Crippen molar-refractivity contribution >= 4 is 15.9 Å². The molecule has 0 spiro atoms. The van der Waals surface area contributed by atoms with Gasteiger partial charge in [0.15, 0.2) is 0 Å². The summed E-state index contributed by atoms with van der Waals surface area (Å²) in [6.07, 6.45) is 9.01. The molecule has 1 aromatic carbocycles. The molecular formula is C19H27N3O2S. The fourth-order valence-corrected chi connectivity index (χ4v) is 5.62. The molecule has 3 aliphatic rings. The zero-order valence-corrected chi connectivity index (χ0v) is 15.5. The van der Waals surface area contributed by atoms with Crippen molar-refractivity contribution in [2.45, 2.75) is 55.9 Å². The Morgan fingerprint density at radius 1 is 1.04 bits per heavy atom. The molecule has 1 aliphatic carbocycles. The van der Waals surface area contributed by atoms with Crippen molar-refractivity contribution in [2.75, 3.05) is 19.6 Å². The lowest BCUT2D eigenvalue weighted by Gasteiger charge is -2.34. The molecule has 136 valence electrons. The fourth-order valence-electron chi connectivity index (χ4n) is 4.38. The number of aliphatic imine (C=N–C) groups is 1. The highest BCUT2D eigenvalue weighted by Crippen LogP contribution is 2.27. The van der Waals surface area contributed by atoms with Gasteiger partial charge in [0, 0.05) is 25.2 Å². The molecule has 0 unspecified atom stereocenters. The lowest BCUT2D eigenvalue weighted by molar-refractivity contribution is 0.165. The van der Waals surface area contributed by atoms with Crippen LogP contribution in [0.25, 0.3) is 0 Å². The highest BCUT2D eigenvalue weighted by molar-refractivity contribution is 7.90. The molecule has 0 aromatic heterocycles. The molecule has 2 fully saturated rings. The van der Waals surface area contributed by atoms with Crippen LogP contribution in [0.1, 0.15) is 50.5 Å². The Balaban J connectivity index is 1.38. The Morgan fingerprint density at radius 3 is 2.52 bits per heavy atom. The van der Waals surface area contributed by atoms with E-state index in [1.807, 2.05) is 12.1 Å². The second-order valence-corrected chi connectivity index (χ2v) is 9.27. The van der Waals surface area contributed by atoms with Gasteiger partial charge in [-0.25, -0.2) is 8.42 Å². The van der Waals surface area contributed by atoms with Crippen LogP contribution >= 0.6 is 0 Å². The van der Waals surface area contributed by atoms with Crippen LogP contribution in [0, 0.1) is 5.92 Å². The third kappa shape index (κ3) is 3.75. The van der Waals surface area contributed by atoms with Crippen LogP contribution in [0.5, 0.6) is 0 Å². The highest BCUT2D eigenvalue weighted by Gasteiger charge is 2.31. The van der Waals surface area contributed by atoms with Crippen LogP contribution < -0.4 is 4.72 Å². The molecule has 1 aromatic rings. The van der Waals surface area contributed by atoms with Crippen LogP contribution in [0.15, 0.2) is 34.2 Å². The average molecular weight is 362 g/mol. The van der Waals surface area contributed by atoms with Crippen molar-refractivity contribution < 1.29 is 8.42 Å². The van der Waals surface area contributed by atoms with E-state index in [1.54, 1.807) is 12.1 Å². The number of sulfonamides is 1. The summed E-state index contributed by atoms with van der Waals surface area (Å²) >= 11 is 0. The van der Waals surface area contributed by atoms with E-state index < -0.39 is 10.0 Å². The first kappa shape index (κ1) is 17.0. The van der Waals surface area contributed by atoms with E-state index >= 15 is 0 Å². The summed E-state index contributed by atoms with van der Waals surface area (Å²) in [4.78, 5) is 7.69. The molecule has 4 rings (SSSR count). The van der Waals surface area contributed by atoms with Gasteiger partial charge in [-0.05, 0) is 43.7 Å². The quantitative estimate of drug-likeness (QED) is 0.900. The maximum absolute atomic E-state index is 12.2. The lowest BCUT2D eigenvalue weighted by atomic mass is 9.88. The van der Waals surface area contributed by atoms with E-state index in [-0.39, 0.29) is 6.04 Å². The van der Waals surface area contributed by atoms with Gasteiger partial charge in [0.25, 0.3) is 10.0 Å². The minimum Gasteiger partial charge on any atom is -0.303 e. The molecule has 1 saturated carbocycles. The zero-order valence-electron chi connectivity index (χ0n) is 14.7. The normalized spacial score (nSPS) is 26.5. The van der Waals surface area contributed by atoms with E-state index in [2.05, 4.69) is 9.62 Å². The number of nitrogens with zero attached hydrogens (tertiary/aromatic N) is 2. The van der Waals surface area contributed by atoms with Crippen LogP contribution in [0.2, 0.25) is 0 Å². The van der Waals surface area contributed by atoms with Gasteiger partial charge in [0.2, 0.25) is 0 Å². The van der Waals surface area contributed by atoms with Gasteiger partial charge in [0.05, 0.1) is 10.9 Å². The van der Waals surface area contributed by atoms with E-state index in [0.717, 1.165) is 31.8 Å². The Kier molecular flexibility index (Phi) is 4.82. The number of hydrogen-bond donors (Lipinski definition) is 1. The molecule has 2 heterocycles. The van der Waals surface area contributed by atoms with Crippen molar-refractivity contribution in [1.82, 2.24) is 9.62 Å². The summed E-state index contributed by atoms with van der Waals surface area (Å²) in [6.45, 7) is 3.39. The molecular weight excluding hydrogens is 334 g/mol. The molecule has 5 nitrogen and oxygen atoms in total. The van der Waals surface area contributed by atoms with Gasteiger partial charge in [-0.1, -0.05) is 31.4 Å². The minimum atomic E-state index is -3.43. The smallest absolute Gasteiger partial charge is 0.263 e. The van der Waals surface area contributed by atoms with E-state index in [4.69, 9.17) is 4.99 Å². The Bertz CT molecular complexity index is 746. The maximum Gasteiger partial charge on any atom is 0.263 e. The number of rotatable bonds is 3. The summed E-state index contributed by atoms with van der Waals surface area (Å²) in [6, 6.07) is 7.32. The second kappa shape index (κ2) is 7.08. The van der Waals surface area contributed by atoms with E-state index in [1.165, 1.54) is 38.6 Å². The molecule has 6 heteroatoms. The molecule has 2 aliphatic heterocycles. The van der Waals surface area contributed by atoms with Crippen LogP contribution in [-0.4, -0.2) is 44.8 Å². The summed E-state index contributed by atoms with van der Waals surface area (Å²) in [5, 5.41) is 0. The van der Waals surface area contributed by atoms with Crippen LogP contribution in [0.4, 0.5) is 0 Å². The fraction of sp³-hybridized carbons (Fsp3) is 0.632. The third-order valence-electron chi connectivity index (χ3n) is 5.77. The Hall–Kier alpha value is -1.40. The summed E-state index contributed by atoms with van der Waals surface area (Å²) in [5.41, 5.74) is 0.715. The number of amidine groups is 1. The Morgan fingerprint density at radius 2 is 1.76 bits per heavy atom. The molecule has 25 heavy (non-hydrogen) atoms. The van der Waals surface area contributed by atoms with Crippen molar-refractivity contribution in [3.05, 3.63) is 29.8 Å². The summed E-state index contributed by atoms with van der Waals surface area (Å²) in [5.74, 6) is 1.41. The van der Waals surface area contributed by atoms with Crippen molar-refractivity contribution in [2.24, 2.45) is 10.9 Å². The van der Waals surface area contributed by atoms with Crippen LogP contribution in [0.3, 0.4) is 0 Å². The Labute approximate surface area is 150 Å². The van der Waals surface area contributed by atoms with Crippen LogP contribution in [-0.2, 0) is 10.0 Å². The predicted molar refractivity (Wildman–Crippen MR) is 99.3 cm³/mol. The molecule has 1 N–H and O–H groups in total. The largest absolute Gasteiger partial charge is 0.303 e. The molecule has 0 atom stereocenters. The summed E-state index contributed by atoms with van der Waals surface area (Å²) in [7, 11) is -3.43. The molecule has 0 amide bonds. The molecule has 0 radical (unpaired) electrons. The minimum absolute atomic E-state index is 0.214. The van der Waals surface area contributed by atoms with Gasteiger partial charge >= 0.3 is 0 Å². The average Bonchev–Trinajstić information content (AvgIpc) is 2.88. The highest BCUT2D eigenvalue weighted by atomic mass is 32.2. The monoisotopic (exact) mass is 361 g/mol. The zero-order chi connectivity index (χ0) is 17.3. The number of fused-ring (bicyclic) bond motifs is 1. The molecule has 1 saturated heterocycles. The van der Waals surface area contributed by atoms with Gasteiger partial charge in [-0.3, -0.25) is 9.71 Å². The first-order valence-corrected chi connectivity index (χ1v) is 11.0. The van der Waals surface area contributed by atoms with Gasteiger partial charge in [-0.15, -0.1) is 0 Å². The first-order chi connectivity index (χ1) is 12.1. The standard InChI is InChI=1S/C19H27N3O2S/c23-25(24)18-9-5-4-8-17(18)19(21-25)20-16-10-12-22(13-11-16)14-15-6-2-1-3-7-15/h4-5,8-9,15-16H,1-3,6-7,10-14H2,(H,20,21).